The van der Waals surface area contributed by atoms with Crippen LogP contribution in [0.15, 0.2) is 36.5 Å². The Morgan fingerprint density at radius 2 is 0.952 bits per heavy atom. The van der Waals surface area contributed by atoms with Crippen LogP contribution in [0.3, 0.4) is 0 Å². The summed E-state index contributed by atoms with van der Waals surface area (Å²) < 4.78 is 10.5. The fourth-order valence-corrected chi connectivity index (χ4v) is 4.69. The first-order chi connectivity index (χ1) is 20.6. The number of hydrogen-bond donors (Lipinski definition) is 1. The minimum Gasteiger partial charge on any atom is -0.462 e. The largest absolute Gasteiger partial charge is 0.462 e. The number of aliphatic hydroxyl groups is 1. The van der Waals surface area contributed by atoms with Gasteiger partial charge in [-0.3, -0.25) is 9.59 Å². The molecule has 0 amide bonds. The number of unbranched alkanes of at least 4 members (excludes halogenated alkanes) is 17. The second-order valence-electron chi connectivity index (χ2n) is 11.6. The Kier molecular flexibility index (Phi) is 32.1. The lowest BCUT2D eigenvalue weighted by molar-refractivity contribution is -0.161. The third-order valence-electron chi connectivity index (χ3n) is 7.41. The van der Waals surface area contributed by atoms with Gasteiger partial charge in [-0.25, -0.2) is 0 Å². The van der Waals surface area contributed by atoms with E-state index in [2.05, 4.69) is 50.3 Å². The van der Waals surface area contributed by atoms with Crippen molar-refractivity contribution in [1.82, 2.24) is 0 Å². The van der Waals surface area contributed by atoms with Crippen LogP contribution in [-0.4, -0.2) is 36.4 Å². The maximum atomic E-state index is 12.1. The van der Waals surface area contributed by atoms with Gasteiger partial charge in [0.05, 0.1) is 6.61 Å². The van der Waals surface area contributed by atoms with Gasteiger partial charge in [0, 0.05) is 12.8 Å². The summed E-state index contributed by atoms with van der Waals surface area (Å²) in [4.78, 5) is 24.1. The van der Waals surface area contributed by atoms with Crippen molar-refractivity contribution in [2.24, 2.45) is 0 Å². The third kappa shape index (κ3) is 31.1. The second-order valence-corrected chi connectivity index (χ2v) is 11.6. The van der Waals surface area contributed by atoms with Crippen molar-refractivity contribution in [1.29, 1.82) is 0 Å². The van der Waals surface area contributed by atoms with Crippen LogP contribution in [0, 0.1) is 0 Å². The van der Waals surface area contributed by atoms with Crippen LogP contribution in [0.25, 0.3) is 0 Å². The van der Waals surface area contributed by atoms with Gasteiger partial charge < -0.3 is 14.6 Å². The van der Waals surface area contributed by atoms with E-state index in [-0.39, 0.29) is 25.2 Å². The molecule has 1 N–H and O–H groups in total. The molecule has 5 heteroatoms. The first kappa shape index (κ1) is 40.1. The zero-order valence-corrected chi connectivity index (χ0v) is 27.5. The molecule has 0 saturated heterocycles. The molecular weight excluding hydrogens is 524 g/mol. The molecule has 0 aromatic heterocycles. The topological polar surface area (TPSA) is 72.8 Å². The standard InChI is InChI=1S/C37H66O5/c1-3-5-7-9-11-13-15-17-18-20-22-24-26-28-30-32-37(40)42-35(33-38)34-41-36(39)31-29-27-25-23-21-19-16-14-12-10-8-6-4-2/h11,13-14,16-18,35,38H,3-10,12,15,19-34H2,1-2H3/b13-11-,16-14-,18-17-/t35-/m0/s1. The van der Waals surface area contributed by atoms with Crippen molar-refractivity contribution >= 4 is 11.9 Å². The highest BCUT2D eigenvalue weighted by atomic mass is 16.6. The predicted octanol–water partition coefficient (Wildman–Crippen LogP) is 10.5. The van der Waals surface area contributed by atoms with E-state index in [1.54, 1.807) is 0 Å². The zero-order chi connectivity index (χ0) is 30.8. The van der Waals surface area contributed by atoms with Gasteiger partial charge in [-0.2, -0.15) is 0 Å². The van der Waals surface area contributed by atoms with Crippen LogP contribution in [0.5, 0.6) is 0 Å². The number of esters is 2. The molecule has 0 aliphatic carbocycles. The van der Waals surface area contributed by atoms with E-state index in [0.717, 1.165) is 64.2 Å². The van der Waals surface area contributed by atoms with E-state index in [9.17, 15) is 14.7 Å². The Balaban J connectivity index is 3.62. The fourth-order valence-electron chi connectivity index (χ4n) is 4.69. The Bertz CT molecular complexity index is 682. The molecule has 0 fully saturated rings. The predicted molar refractivity (Wildman–Crippen MR) is 178 cm³/mol. The van der Waals surface area contributed by atoms with Gasteiger partial charge in [0.1, 0.15) is 6.61 Å². The van der Waals surface area contributed by atoms with Crippen LogP contribution in [0.4, 0.5) is 0 Å². The summed E-state index contributed by atoms with van der Waals surface area (Å²) in [7, 11) is 0. The molecule has 1 atom stereocenters. The van der Waals surface area contributed by atoms with Gasteiger partial charge in [-0.15, -0.1) is 0 Å². The highest BCUT2D eigenvalue weighted by Crippen LogP contribution is 2.11. The van der Waals surface area contributed by atoms with Crippen molar-refractivity contribution in [2.75, 3.05) is 13.2 Å². The van der Waals surface area contributed by atoms with E-state index < -0.39 is 6.10 Å². The first-order valence-electron chi connectivity index (χ1n) is 17.5. The molecular formula is C37H66O5. The van der Waals surface area contributed by atoms with E-state index in [4.69, 9.17) is 9.47 Å². The van der Waals surface area contributed by atoms with Gasteiger partial charge in [-0.05, 0) is 70.6 Å². The summed E-state index contributed by atoms with van der Waals surface area (Å²) in [5, 5.41) is 9.51. The number of allylic oxidation sites excluding steroid dienone is 6. The normalized spacial score (nSPS) is 12.5. The number of ether oxygens (including phenoxy) is 2. The minimum absolute atomic E-state index is 0.0754. The van der Waals surface area contributed by atoms with Crippen LogP contribution in [-0.2, 0) is 19.1 Å². The molecule has 0 spiro atoms. The van der Waals surface area contributed by atoms with Crippen LogP contribution in [0.2, 0.25) is 0 Å². The quantitative estimate of drug-likeness (QED) is 0.0494. The van der Waals surface area contributed by atoms with Crippen molar-refractivity contribution < 1.29 is 24.2 Å². The third-order valence-corrected chi connectivity index (χ3v) is 7.41. The molecule has 0 bridgehead atoms. The van der Waals surface area contributed by atoms with Gasteiger partial charge in [0.25, 0.3) is 0 Å². The molecule has 0 aromatic rings. The molecule has 0 radical (unpaired) electrons. The van der Waals surface area contributed by atoms with Crippen LogP contribution < -0.4 is 0 Å². The highest BCUT2D eigenvalue weighted by Gasteiger charge is 2.16. The summed E-state index contributed by atoms with van der Waals surface area (Å²) in [6.07, 6.45) is 39.0. The summed E-state index contributed by atoms with van der Waals surface area (Å²) in [5.74, 6) is -0.619. The first-order valence-corrected chi connectivity index (χ1v) is 17.5. The molecule has 0 aromatic carbocycles. The molecule has 0 aliphatic rings. The van der Waals surface area contributed by atoms with Gasteiger partial charge >= 0.3 is 11.9 Å². The monoisotopic (exact) mass is 590 g/mol. The van der Waals surface area contributed by atoms with Gasteiger partial charge in [0.2, 0.25) is 0 Å². The SMILES string of the molecule is CCCCC/C=C\C/C=C\CCCCCCCC(=O)O[C@@H](CO)COC(=O)CCCCCCC/C=C\CCCCCC. The maximum absolute atomic E-state index is 12.1. The summed E-state index contributed by atoms with van der Waals surface area (Å²) >= 11 is 0. The van der Waals surface area contributed by atoms with Crippen molar-refractivity contribution in [2.45, 2.75) is 174 Å². The van der Waals surface area contributed by atoms with Crippen LogP contribution >= 0.6 is 0 Å². The summed E-state index contributed by atoms with van der Waals surface area (Å²) in [6.45, 7) is 4.06. The number of rotatable bonds is 31. The molecule has 0 rings (SSSR count). The number of carbonyl (C=O) groups is 2. The lowest BCUT2D eigenvalue weighted by Gasteiger charge is -2.15. The molecule has 0 heterocycles. The smallest absolute Gasteiger partial charge is 0.306 e. The molecule has 42 heavy (non-hydrogen) atoms. The van der Waals surface area contributed by atoms with Crippen LogP contribution in [0.1, 0.15) is 168 Å². The molecule has 244 valence electrons. The Morgan fingerprint density at radius 3 is 1.48 bits per heavy atom. The van der Waals surface area contributed by atoms with Gasteiger partial charge in [0.15, 0.2) is 6.10 Å². The molecule has 5 nitrogen and oxygen atoms in total. The molecule has 0 saturated carbocycles. The minimum atomic E-state index is -0.779. The lowest BCUT2D eigenvalue weighted by atomic mass is 10.1. The van der Waals surface area contributed by atoms with E-state index in [0.29, 0.717) is 12.8 Å². The Labute approximate surface area is 259 Å². The molecule has 0 aliphatic heterocycles. The van der Waals surface area contributed by atoms with E-state index >= 15 is 0 Å². The average Bonchev–Trinajstić information content (AvgIpc) is 2.99. The zero-order valence-electron chi connectivity index (χ0n) is 27.5. The maximum Gasteiger partial charge on any atom is 0.306 e. The number of hydrogen-bond acceptors (Lipinski definition) is 5. The number of carbonyl (C=O) groups excluding carboxylic acids is 2. The number of aliphatic hydroxyl groups excluding tert-OH is 1. The molecule has 0 unspecified atom stereocenters. The van der Waals surface area contributed by atoms with Crippen molar-refractivity contribution in [3.63, 3.8) is 0 Å². The second kappa shape index (κ2) is 33.6. The lowest BCUT2D eigenvalue weighted by Crippen LogP contribution is -2.28. The summed E-state index contributed by atoms with van der Waals surface area (Å²) in [5.41, 5.74) is 0. The Morgan fingerprint density at radius 1 is 0.548 bits per heavy atom. The van der Waals surface area contributed by atoms with E-state index in [1.165, 1.54) is 77.0 Å². The van der Waals surface area contributed by atoms with E-state index in [1.807, 2.05) is 0 Å². The van der Waals surface area contributed by atoms with Gasteiger partial charge in [-0.1, -0.05) is 121 Å². The summed E-state index contributed by atoms with van der Waals surface area (Å²) in [6, 6.07) is 0. The fraction of sp³-hybridized carbons (Fsp3) is 0.784. The van der Waals surface area contributed by atoms with Crippen molar-refractivity contribution in [3.05, 3.63) is 36.5 Å². The Hall–Kier alpha value is -1.88. The van der Waals surface area contributed by atoms with Crippen molar-refractivity contribution in [3.8, 4) is 0 Å². The highest BCUT2D eigenvalue weighted by molar-refractivity contribution is 5.70. The average molecular weight is 591 g/mol.